The molecule has 120 valence electrons. The van der Waals surface area contributed by atoms with Gasteiger partial charge in [0, 0.05) is 14.6 Å². The highest BCUT2D eigenvalue weighted by molar-refractivity contribution is 6.76. The summed E-state index contributed by atoms with van der Waals surface area (Å²) in [4.78, 5) is 0. The third-order valence-corrected chi connectivity index (χ3v) is 6.77. The van der Waals surface area contributed by atoms with Gasteiger partial charge < -0.3 is 5.32 Å². The number of nitrogens with one attached hydrogen (secondary N) is 1. The fraction of sp³-hybridized carbons (Fsp3) is 1.00. The number of unbranched alkanes of at least 4 members (excludes halogenated alkanes) is 1. The van der Waals surface area contributed by atoms with E-state index in [0.717, 1.165) is 5.92 Å². The highest BCUT2D eigenvalue weighted by Crippen LogP contribution is 2.45. The Morgan fingerprint density at radius 3 is 2.20 bits per heavy atom. The van der Waals surface area contributed by atoms with E-state index in [-0.39, 0.29) is 0 Å². The van der Waals surface area contributed by atoms with Crippen molar-refractivity contribution in [2.45, 2.75) is 90.9 Å². The number of rotatable bonds is 9. The Balaban J connectivity index is 2.53. The van der Waals surface area contributed by atoms with Crippen molar-refractivity contribution in [3.8, 4) is 0 Å². The molecule has 0 saturated heterocycles. The summed E-state index contributed by atoms with van der Waals surface area (Å²) >= 11 is 0. The molecule has 1 nitrogen and oxygen atoms in total. The third kappa shape index (κ3) is 6.75. The maximum Gasteiger partial charge on any atom is 0.0448 e. The van der Waals surface area contributed by atoms with Crippen molar-refractivity contribution in [2.75, 3.05) is 13.1 Å². The van der Waals surface area contributed by atoms with Crippen LogP contribution in [0, 0.1) is 11.3 Å². The van der Waals surface area contributed by atoms with E-state index >= 15 is 0 Å². The molecule has 0 heterocycles. The molecule has 0 bridgehead atoms. The quantitative estimate of drug-likeness (QED) is 0.426. The van der Waals surface area contributed by atoms with Gasteiger partial charge in [-0.3, -0.25) is 0 Å². The van der Waals surface area contributed by atoms with E-state index in [1.165, 1.54) is 70.5 Å². The fourth-order valence-electron chi connectivity index (χ4n) is 4.14. The molecule has 1 rings (SSSR count). The molecule has 2 heteroatoms. The molecule has 1 saturated carbocycles. The first kappa shape index (κ1) is 18.2. The summed E-state index contributed by atoms with van der Waals surface area (Å²) in [7, 11) is -0.965. The largest absolute Gasteiger partial charge is 0.316 e. The van der Waals surface area contributed by atoms with Gasteiger partial charge in [0.15, 0.2) is 0 Å². The topological polar surface area (TPSA) is 12.0 Å². The first-order chi connectivity index (χ1) is 9.41. The minimum atomic E-state index is -0.965. The van der Waals surface area contributed by atoms with Crippen LogP contribution >= 0.6 is 0 Å². The number of hydrogen-bond acceptors (Lipinski definition) is 1. The van der Waals surface area contributed by atoms with Gasteiger partial charge in [-0.05, 0) is 50.0 Å². The number of hydrogen-bond donors (Lipinski definition) is 1. The molecule has 20 heavy (non-hydrogen) atoms. The standard InChI is InChI=1S/C18H39NSi/c1-6-8-9-17-10-12-18(13-11-17,15-19-14-7-2)16-20(3,4)5/h17,19H,6-16H2,1-5H3. The minimum Gasteiger partial charge on any atom is -0.316 e. The van der Waals surface area contributed by atoms with Crippen molar-refractivity contribution < 1.29 is 0 Å². The molecule has 0 aromatic carbocycles. The summed E-state index contributed by atoms with van der Waals surface area (Å²) in [5, 5.41) is 3.75. The van der Waals surface area contributed by atoms with E-state index in [4.69, 9.17) is 0 Å². The Bertz CT molecular complexity index is 249. The summed E-state index contributed by atoms with van der Waals surface area (Å²) in [5.41, 5.74) is 0.641. The fourth-order valence-corrected chi connectivity index (χ4v) is 6.87. The van der Waals surface area contributed by atoms with Gasteiger partial charge in [0.05, 0.1) is 0 Å². The smallest absolute Gasteiger partial charge is 0.0448 e. The van der Waals surface area contributed by atoms with Gasteiger partial charge in [0.1, 0.15) is 0 Å². The van der Waals surface area contributed by atoms with Gasteiger partial charge >= 0.3 is 0 Å². The molecule has 0 spiro atoms. The van der Waals surface area contributed by atoms with E-state index in [0.29, 0.717) is 5.41 Å². The van der Waals surface area contributed by atoms with Gasteiger partial charge in [-0.2, -0.15) is 0 Å². The third-order valence-electron chi connectivity index (χ3n) is 4.96. The maximum absolute atomic E-state index is 3.75. The highest BCUT2D eigenvalue weighted by Gasteiger charge is 2.38. The van der Waals surface area contributed by atoms with Crippen LogP contribution < -0.4 is 5.32 Å². The predicted molar refractivity (Wildman–Crippen MR) is 95.2 cm³/mol. The van der Waals surface area contributed by atoms with E-state index in [1.54, 1.807) is 0 Å². The summed E-state index contributed by atoms with van der Waals surface area (Å²) in [5.74, 6) is 1.04. The van der Waals surface area contributed by atoms with Crippen LogP contribution in [-0.2, 0) is 0 Å². The monoisotopic (exact) mass is 297 g/mol. The Morgan fingerprint density at radius 2 is 1.70 bits per heavy atom. The molecule has 1 N–H and O–H groups in total. The lowest BCUT2D eigenvalue weighted by molar-refractivity contribution is 0.157. The lowest BCUT2D eigenvalue weighted by atomic mass is 9.70. The second-order valence-electron chi connectivity index (χ2n) is 8.50. The van der Waals surface area contributed by atoms with Crippen molar-refractivity contribution >= 4 is 8.07 Å². The predicted octanol–water partition coefficient (Wildman–Crippen LogP) is 5.69. The van der Waals surface area contributed by atoms with E-state index in [2.05, 4.69) is 38.8 Å². The van der Waals surface area contributed by atoms with Crippen molar-refractivity contribution in [3.63, 3.8) is 0 Å². The Hall–Kier alpha value is 0.177. The van der Waals surface area contributed by atoms with Crippen molar-refractivity contribution in [1.82, 2.24) is 5.32 Å². The van der Waals surface area contributed by atoms with Gasteiger partial charge in [0.25, 0.3) is 0 Å². The van der Waals surface area contributed by atoms with Crippen molar-refractivity contribution in [1.29, 1.82) is 0 Å². The molecule has 0 aliphatic heterocycles. The van der Waals surface area contributed by atoms with Crippen LogP contribution in [0.25, 0.3) is 0 Å². The summed E-state index contributed by atoms with van der Waals surface area (Å²) < 4.78 is 0. The summed E-state index contributed by atoms with van der Waals surface area (Å²) in [6, 6.07) is 1.53. The molecule has 0 amide bonds. The maximum atomic E-state index is 3.75. The van der Waals surface area contributed by atoms with Crippen LogP contribution in [-0.4, -0.2) is 21.2 Å². The first-order valence-electron chi connectivity index (χ1n) is 9.11. The molecule has 0 unspecified atom stereocenters. The normalized spacial score (nSPS) is 27.8. The zero-order valence-corrected chi connectivity index (χ0v) is 15.9. The van der Waals surface area contributed by atoms with E-state index in [9.17, 15) is 0 Å². The van der Waals surface area contributed by atoms with Crippen molar-refractivity contribution in [2.24, 2.45) is 11.3 Å². The van der Waals surface area contributed by atoms with Gasteiger partial charge in [-0.15, -0.1) is 0 Å². The Morgan fingerprint density at radius 1 is 1.05 bits per heavy atom. The average Bonchev–Trinajstić information content (AvgIpc) is 2.37. The van der Waals surface area contributed by atoms with E-state index < -0.39 is 8.07 Å². The Labute approximate surface area is 129 Å². The van der Waals surface area contributed by atoms with Gasteiger partial charge in [-0.1, -0.05) is 58.8 Å². The minimum absolute atomic E-state index is 0.641. The zero-order valence-electron chi connectivity index (χ0n) is 14.9. The molecule has 1 aliphatic carbocycles. The lowest BCUT2D eigenvalue weighted by Crippen LogP contribution is -2.43. The Kier molecular flexibility index (Phi) is 7.82. The van der Waals surface area contributed by atoms with Gasteiger partial charge in [0.2, 0.25) is 0 Å². The molecule has 1 fully saturated rings. The highest BCUT2D eigenvalue weighted by atomic mass is 28.3. The lowest BCUT2D eigenvalue weighted by Gasteiger charge is -2.44. The molecule has 0 radical (unpaired) electrons. The van der Waals surface area contributed by atoms with Gasteiger partial charge in [-0.25, -0.2) is 0 Å². The van der Waals surface area contributed by atoms with Crippen LogP contribution in [0.3, 0.4) is 0 Å². The molecule has 0 atom stereocenters. The zero-order chi connectivity index (χ0) is 15.1. The van der Waals surface area contributed by atoms with E-state index in [1.807, 2.05) is 0 Å². The van der Waals surface area contributed by atoms with Crippen LogP contribution in [0.4, 0.5) is 0 Å². The van der Waals surface area contributed by atoms with Crippen LogP contribution in [0.1, 0.15) is 65.2 Å². The molecule has 1 aliphatic rings. The average molecular weight is 298 g/mol. The summed E-state index contributed by atoms with van der Waals surface area (Å²) in [6.45, 7) is 14.7. The summed E-state index contributed by atoms with van der Waals surface area (Å²) in [6.07, 6.45) is 11.5. The second-order valence-corrected chi connectivity index (χ2v) is 14.0. The molecule has 0 aromatic rings. The first-order valence-corrected chi connectivity index (χ1v) is 12.8. The SMILES string of the molecule is CCCCC1CCC(CNCCC)(C[Si](C)(C)C)CC1. The molecular weight excluding hydrogens is 258 g/mol. The van der Waals surface area contributed by atoms with Crippen LogP contribution in [0.5, 0.6) is 0 Å². The second kappa shape index (κ2) is 8.58. The molecule has 0 aromatic heterocycles. The van der Waals surface area contributed by atoms with Crippen LogP contribution in [0.15, 0.2) is 0 Å². The van der Waals surface area contributed by atoms with Crippen molar-refractivity contribution in [3.05, 3.63) is 0 Å². The van der Waals surface area contributed by atoms with Crippen LogP contribution in [0.2, 0.25) is 25.7 Å². The molecular formula is C18H39NSi.